The van der Waals surface area contributed by atoms with E-state index >= 15 is 0 Å². The number of rotatable bonds is 7. The molecule has 1 amide bonds. The van der Waals surface area contributed by atoms with Crippen molar-refractivity contribution >= 4 is 38.7 Å². The van der Waals surface area contributed by atoms with E-state index in [4.69, 9.17) is 0 Å². The van der Waals surface area contributed by atoms with Crippen LogP contribution >= 0.6 is 15.9 Å². The Hall–Kier alpha value is -4.16. The number of aromatic carboxylic acids is 1. The number of hydrogen-bond donors (Lipinski definition) is 2. The van der Waals surface area contributed by atoms with Crippen molar-refractivity contribution in [2.75, 3.05) is 0 Å². The molecule has 6 heteroatoms. The number of nitrogens with zero attached hydrogens (tertiary/aromatic N) is 1. The van der Waals surface area contributed by atoms with Crippen molar-refractivity contribution in [3.05, 3.63) is 129 Å². The number of carbonyl (C=O) groups is 2. The Morgan fingerprint density at radius 3 is 2.30 bits per heavy atom. The van der Waals surface area contributed by atoms with Crippen LogP contribution < -0.4 is 5.32 Å². The number of nitrogens with one attached hydrogen (secondary N) is 1. The molecule has 5 rings (SSSR count). The molecule has 5 nitrogen and oxygen atoms in total. The molecule has 0 aliphatic rings. The average molecular weight is 553 g/mol. The van der Waals surface area contributed by atoms with Gasteiger partial charge in [-0.2, -0.15) is 0 Å². The number of hydrogen-bond acceptors (Lipinski definition) is 2. The number of carboxylic acids is 1. The molecule has 0 bridgehead atoms. The van der Waals surface area contributed by atoms with E-state index in [0.717, 1.165) is 37.8 Å². The fourth-order valence-corrected chi connectivity index (χ4v) is 4.80. The zero-order chi connectivity index (χ0) is 25.9. The molecular formula is C31H25BrN2O3. The second kappa shape index (κ2) is 10.4. The SMILES string of the molecule is Cc1cc2cc(C(=O)NCc3ccc(Br)cc3)ccc2n1Cc1ccc(-c2ccccc2C(=O)O)cc1. The summed E-state index contributed by atoms with van der Waals surface area (Å²) < 4.78 is 3.23. The van der Waals surface area contributed by atoms with Gasteiger partial charge in [0.05, 0.1) is 5.56 Å². The molecule has 0 aliphatic heterocycles. The van der Waals surface area contributed by atoms with Crippen LogP contribution in [0.5, 0.6) is 0 Å². The first-order valence-corrected chi connectivity index (χ1v) is 12.7. The van der Waals surface area contributed by atoms with Crippen LogP contribution in [0, 0.1) is 6.92 Å². The number of halogens is 1. The van der Waals surface area contributed by atoms with E-state index in [9.17, 15) is 14.7 Å². The maximum Gasteiger partial charge on any atom is 0.336 e. The largest absolute Gasteiger partial charge is 0.478 e. The molecule has 0 atom stereocenters. The van der Waals surface area contributed by atoms with Gasteiger partial charge in [0, 0.05) is 39.7 Å². The predicted octanol–water partition coefficient (Wildman–Crippen LogP) is 7.06. The van der Waals surface area contributed by atoms with E-state index in [2.05, 4.69) is 38.8 Å². The Labute approximate surface area is 223 Å². The quantitative estimate of drug-likeness (QED) is 0.227. The highest BCUT2D eigenvalue weighted by Gasteiger charge is 2.13. The van der Waals surface area contributed by atoms with Gasteiger partial charge in [0.15, 0.2) is 0 Å². The third-order valence-electron chi connectivity index (χ3n) is 6.50. The Bertz CT molecular complexity index is 1600. The molecule has 0 radical (unpaired) electrons. The highest BCUT2D eigenvalue weighted by molar-refractivity contribution is 9.10. The fraction of sp³-hybridized carbons (Fsp3) is 0.0968. The first-order valence-electron chi connectivity index (χ1n) is 11.9. The van der Waals surface area contributed by atoms with Gasteiger partial charge in [-0.05, 0) is 71.6 Å². The average Bonchev–Trinajstić information content (AvgIpc) is 3.22. The molecule has 1 heterocycles. The smallest absolute Gasteiger partial charge is 0.336 e. The van der Waals surface area contributed by atoms with Crippen molar-refractivity contribution < 1.29 is 14.7 Å². The van der Waals surface area contributed by atoms with Crippen molar-refractivity contribution in [2.45, 2.75) is 20.0 Å². The number of aromatic nitrogens is 1. The lowest BCUT2D eigenvalue weighted by Gasteiger charge is -2.11. The van der Waals surface area contributed by atoms with E-state index in [0.29, 0.717) is 29.8 Å². The molecule has 1 aromatic heterocycles. The molecule has 0 saturated heterocycles. The van der Waals surface area contributed by atoms with Crippen molar-refractivity contribution in [2.24, 2.45) is 0 Å². The van der Waals surface area contributed by atoms with Gasteiger partial charge in [-0.1, -0.05) is 70.5 Å². The maximum atomic E-state index is 12.8. The summed E-state index contributed by atoms with van der Waals surface area (Å²) in [4.78, 5) is 24.3. The Morgan fingerprint density at radius 1 is 0.865 bits per heavy atom. The first-order chi connectivity index (χ1) is 17.9. The van der Waals surface area contributed by atoms with Gasteiger partial charge in [-0.25, -0.2) is 4.79 Å². The number of carbonyl (C=O) groups excluding carboxylic acids is 1. The minimum absolute atomic E-state index is 0.104. The molecule has 0 unspecified atom stereocenters. The fourth-order valence-electron chi connectivity index (χ4n) is 4.54. The molecule has 0 fully saturated rings. The standard InChI is InChI=1S/C31H25BrN2O3/c1-20-16-25-17-24(30(35)33-18-21-8-13-26(32)14-9-21)12-15-29(25)34(20)19-22-6-10-23(11-7-22)27-4-2-3-5-28(27)31(36)37/h2-17H,18-19H2,1H3,(H,33,35)(H,36,37). The number of aryl methyl sites for hydroxylation is 1. The zero-order valence-corrected chi connectivity index (χ0v) is 21.8. The van der Waals surface area contributed by atoms with Crippen molar-refractivity contribution in [1.29, 1.82) is 0 Å². The Balaban J connectivity index is 1.33. The van der Waals surface area contributed by atoms with Gasteiger partial charge in [0.1, 0.15) is 0 Å². The summed E-state index contributed by atoms with van der Waals surface area (Å²) in [5.74, 6) is -1.04. The molecule has 37 heavy (non-hydrogen) atoms. The molecule has 184 valence electrons. The maximum absolute atomic E-state index is 12.8. The lowest BCUT2D eigenvalue weighted by atomic mass is 9.99. The number of amides is 1. The van der Waals surface area contributed by atoms with E-state index in [1.807, 2.05) is 78.9 Å². The number of benzene rings is 4. The van der Waals surface area contributed by atoms with Crippen molar-refractivity contribution in [3.8, 4) is 11.1 Å². The van der Waals surface area contributed by atoms with E-state index < -0.39 is 5.97 Å². The lowest BCUT2D eigenvalue weighted by Crippen LogP contribution is -2.22. The van der Waals surface area contributed by atoms with Crippen LogP contribution in [0.4, 0.5) is 0 Å². The minimum Gasteiger partial charge on any atom is -0.478 e. The van der Waals surface area contributed by atoms with Crippen LogP contribution in [0.1, 0.15) is 37.5 Å². The summed E-state index contributed by atoms with van der Waals surface area (Å²) in [7, 11) is 0. The van der Waals surface area contributed by atoms with Crippen molar-refractivity contribution in [1.82, 2.24) is 9.88 Å². The molecule has 4 aromatic carbocycles. The van der Waals surface area contributed by atoms with Gasteiger partial charge >= 0.3 is 5.97 Å². The van der Waals surface area contributed by atoms with Crippen LogP contribution in [-0.4, -0.2) is 21.6 Å². The highest BCUT2D eigenvalue weighted by atomic mass is 79.9. The Kier molecular flexibility index (Phi) is 6.93. The summed E-state index contributed by atoms with van der Waals surface area (Å²) in [5, 5.41) is 13.5. The van der Waals surface area contributed by atoms with Gasteiger partial charge in [0.25, 0.3) is 5.91 Å². The highest BCUT2D eigenvalue weighted by Crippen LogP contribution is 2.26. The molecule has 0 spiro atoms. The normalized spacial score (nSPS) is 11.0. The summed E-state index contributed by atoms with van der Waals surface area (Å²) in [6.45, 7) is 3.20. The second-order valence-electron chi connectivity index (χ2n) is 9.00. The van der Waals surface area contributed by atoms with Gasteiger partial charge in [-0.15, -0.1) is 0 Å². The molecule has 5 aromatic rings. The van der Waals surface area contributed by atoms with Crippen LogP contribution in [0.3, 0.4) is 0 Å². The summed E-state index contributed by atoms with van der Waals surface area (Å²) in [6, 6.07) is 30.8. The monoisotopic (exact) mass is 552 g/mol. The molecular weight excluding hydrogens is 528 g/mol. The van der Waals surface area contributed by atoms with E-state index in [1.165, 1.54) is 0 Å². The van der Waals surface area contributed by atoms with Crippen LogP contribution in [0.2, 0.25) is 0 Å². The third-order valence-corrected chi connectivity index (χ3v) is 7.03. The second-order valence-corrected chi connectivity index (χ2v) is 9.92. The Morgan fingerprint density at radius 2 is 1.57 bits per heavy atom. The van der Waals surface area contributed by atoms with Gasteiger partial charge < -0.3 is 15.0 Å². The lowest BCUT2D eigenvalue weighted by molar-refractivity contribution is 0.0697. The van der Waals surface area contributed by atoms with Crippen LogP contribution in [-0.2, 0) is 13.1 Å². The summed E-state index contributed by atoms with van der Waals surface area (Å²) in [6.07, 6.45) is 0. The molecule has 0 saturated carbocycles. The van der Waals surface area contributed by atoms with Crippen LogP contribution in [0.25, 0.3) is 22.0 Å². The topological polar surface area (TPSA) is 71.3 Å². The number of fused-ring (bicyclic) bond motifs is 1. The van der Waals surface area contributed by atoms with Gasteiger partial charge in [0.2, 0.25) is 0 Å². The molecule has 0 aliphatic carbocycles. The number of carboxylic acid groups (broad SMARTS) is 1. The van der Waals surface area contributed by atoms with E-state index in [1.54, 1.807) is 12.1 Å². The van der Waals surface area contributed by atoms with Gasteiger partial charge in [-0.3, -0.25) is 4.79 Å². The first kappa shape index (κ1) is 24.5. The third kappa shape index (κ3) is 5.34. The predicted molar refractivity (Wildman–Crippen MR) is 150 cm³/mol. The van der Waals surface area contributed by atoms with E-state index in [-0.39, 0.29) is 5.91 Å². The van der Waals surface area contributed by atoms with Crippen LogP contribution in [0.15, 0.2) is 102 Å². The minimum atomic E-state index is -0.935. The summed E-state index contributed by atoms with van der Waals surface area (Å²) in [5.41, 5.74) is 6.79. The molecule has 2 N–H and O–H groups in total. The summed E-state index contributed by atoms with van der Waals surface area (Å²) >= 11 is 3.42. The van der Waals surface area contributed by atoms with Crippen molar-refractivity contribution in [3.63, 3.8) is 0 Å². The zero-order valence-electron chi connectivity index (χ0n) is 20.2.